The third kappa shape index (κ3) is 3.85. The topological polar surface area (TPSA) is 47.6 Å². The van der Waals surface area contributed by atoms with Gasteiger partial charge in [0.2, 0.25) is 0 Å². The van der Waals surface area contributed by atoms with Crippen molar-refractivity contribution in [1.82, 2.24) is 0 Å². The molecule has 0 radical (unpaired) electrons. The Bertz CT molecular complexity index is 556. The van der Waals surface area contributed by atoms with Crippen molar-refractivity contribution in [2.75, 3.05) is 5.73 Å². The van der Waals surface area contributed by atoms with Crippen LogP contribution in [0.1, 0.15) is 23.6 Å². The zero-order valence-corrected chi connectivity index (χ0v) is 11.3. The van der Waals surface area contributed by atoms with Crippen LogP contribution in [-0.2, 0) is 11.4 Å². The fourth-order valence-electron chi connectivity index (χ4n) is 1.66. The molecule has 2 rings (SSSR count). The molecular weight excluding hydrogens is 236 g/mol. The predicted molar refractivity (Wildman–Crippen MR) is 79.0 cm³/mol. The van der Waals surface area contributed by atoms with E-state index in [4.69, 9.17) is 10.6 Å². The molecule has 0 aliphatic carbocycles. The second-order valence-corrected chi connectivity index (χ2v) is 4.56. The second-order valence-electron chi connectivity index (χ2n) is 4.56. The number of benzene rings is 2. The largest absolute Gasteiger partial charge is 0.399 e. The van der Waals surface area contributed by atoms with E-state index in [9.17, 15) is 0 Å². The van der Waals surface area contributed by atoms with Crippen molar-refractivity contribution in [1.29, 1.82) is 0 Å². The Morgan fingerprint density at radius 3 is 2.32 bits per heavy atom. The average molecular weight is 254 g/mol. The van der Waals surface area contributed by atoms with Crippen molar-refractivity contribution in [2.24, 2.45) is 5.16 Å². The lowest BCUT2D eigenvalue weighted by molar-refractivity contribution is 0.130. The highest BCUT2D eigenvalue weighted by Crippen LogP contribution is 2.08. The Morgan fingerprint density at radius 2 is 1.68 bits per heavy atom. The van der Waals surface area contributed by atoms with Gasteiger partial charge in [-0.2, -0.15) is 0 Å². The Morgan fingerprint density at radius 1 is 1.05 bits per heavy atom. The van der Waals surface area contributed by atoms with Crippen LogP contribution in [0.5, 0.6) is 0 Å². The van der Waals surface area contributed by atoms with Crippen molar-refractivity contribution < 1.29 is 4.84 Å². The first-order valence-corrected chi connectivity index (χ1v) is 6.23. The van der Waals surface area contributed by atoms with E-state index >= 15 is 0 Å². The fraction of sp³-hybridized carbons (Fsp3) is 0.188. The average Bonchev–Trinajstić information content (AvgIpc) is 2.41. The normalized spacial score (nSPS) is 11.4. The van der Waals surface area contributed by atoms with Crippen molar-refractivity contribution in [2.45, 2.75) is 20.5 Å². The third-order valence-corrected chi connectivity index (χ3v) is 2.88. The summed E-state index contributed by atoms with van der Waals surface area (Å²) in [5.41, 5.74) is 10.6. The van der Waals surface area contributed by atoms with E-state index in [0.717, 1.165) is 22.5 Å². The predicted octanol–water partition coefficient (Wildman–Crippen LogP) is 3.52. The van der Waals surface area contributed by atoms with Gasteiger partial charge in [0, 0.05) is 5.69 Å². The van der Waals surface area contributed by atoms with Crippen LogP contribution in [0.25, 0.3) is 0 Å². The SMILES string of the molecule is C/C(=N\OCc1ccc(N)cc1)c1ccc(C)cc1. The molecule has 0 unspecified atom stereocenters. The number of nitrogens with zero attached hydrogens (tertiary/aromatic N) is 1. The van der Waals surface area contributed by atoms with Gasteiger partial charge in [0.1, 0.15) is 6.61 Å². The molecule has 0 atom stereocenters. The van der Waals surface area contributed by atoms with Crippen LogP contribution in [0.2, 0.25) is 0 Å². The molecule has 0 bridgehead atoms. The van der Waals surface area contributed by atoms with Crippen molar-refractivity contribution >= 4 is 11.4 Å². The van der Waals surface area contributed by atoms with Gasteiger partial charge in [-0.25, -0.2) is 0 Å². The van der Waals surface area contributed by atoms with Crippen molar-refractivity contribution in [3.8, 4) is 0 Å². The second kappa shape index (κ2) is 6.05. The number of nitrogens with two attached hydrogens (primary N) is 1. The van der Waals surface area contributed by atoms with Crippen LogP contribution in [0.4, 0.5) is 5.69 Å². The summed E-state index contributed by atoms with van der Waals surface area (Å²) >= 11 is 0. The molecule has 0 aliphatic rings. The highest BCUT2D eigenvalue weighted by Gasteiger charge is 1.98. The molecule has 0 saturated heterocycles. The van der Waals surface area contributed by atoms with Crippen LogP contribution >= 0.6 is 0 Å². The molecule has 2 aromatic rings. The fourth-order valence-corrected chi connectivity index (χ4v) is 1.66. The summed E-state index contributed by atoms with van der Waals surface area (Å²) in [5, 5.41) is 4.13. The lowest BCUT2D eigenvalue weighted by Gasteiger charge is -2.03. The molecule has 3 heteroatoms. The zero-order chi connectivity index (χ0) is 13.7. The first-order valence-electron chi connectivity index (χ1n) is 6.23. The molecule has 3 nitrogen and oxygen atoms in total. The summed E-state index contributed by atoms with van der Waals surface area (Å²) in [6.07, 6.45) is 0. The van der Waals surface area contributed by atoms with Crippen LogP contribution < -0.4 is 5.73 Å². The number of rotatable bonds is 4. The number of hydrogen-bond acceptors (Lipinski definition) is 3. The first-order chi connectivity index (χ1) is 9.15. The van der Waals surface area contributed by atoms with Gasteiger partial charge in [-0.3, -0.25) is 0 Å². The van der Waals surface area contributed by atoms with Crippen LogP contribution in [0.3, 0.4) is 0 Å². The lowest BCUT2D eigenvalue weighted by Crippen LogP contribution is -1.97. The maximum Gasteiger partial charge on any atom is 0.142 e. The van der Waals surface area contributed by atoms with Gasteiger partial charge in [0.25, 0.3) is 0 Å². The Kier molecular flexibility index (Phi) is 4.18. The van der Waals surface area contributed by atoms with E-state index in [-0.39, 0.29) is 0 Å². The molecule has 0 aromatic heterocycles. The lowest BCUT2D eigenvalue weighted by atomic mass is 10.1. The van der Waals surface area contributed by atoms with Crippen LogP contribution in [0.15, 0.2) is 53.7 Å². The highest BCUT2D eigenvalue weighted by atomic mass is 16.6. The van der Waals surface area contributed by atoms with Gasteiger partial charge < -0.3 is 10.6 Å². The molecule has 0 aliphatic heterocycles. The van der Waals surface area contributed by atoms with Gasteiger partial charge >= 0.3 is 0 Å². The molecule has 19 heavy (non-hydrogen) atoms. The molecule has 98 valence electrons. The van der Waals surface area contributed by atoms with Crippen molar-refractivity contribution in [3.63, 3.8) is 0 Å². The number of aryl methyl sites for hydroxylation is 1. The van der Waals surface area contributed by atoms with Gasteiger partial charge in [-0.1, -0.05) is 47.1 Å². The van der Waals surface area contributed by atoms with E-state index in [1.54, 1.807) is 0 Å². The minimum Gasteiger partial charge on any atom is -0.399 e. The molecule has 2 aromatic carbocycles. The standard InChI is InChI=1S/C16H18N2O/c1-12-3-7-15(8-4-12)13(2)18-19-11-14-5-9-16(17)10-6-14/h3-10H,11,17H2,1-2H3/b18-13+. The van der Waals surface area contributed by atoms with E-state index in [0.29, 0.717) is 6.61 Å². The molecular formula is C16H18N2O. The first kappa shape index (κ1) is 13.1. The summed E-state index contributed by atoms with van der Waals surface area (Å²) in [6.45, 7) is 4.45. The minimum absolute atomic E-state index is 0.448. The van der Waals surface area contributed by atoms with Crippen molar-refractivity contribution in [3.05, 3.63) is 65.2 Å². The minimum atomic E-state index is 0.448. The monoisotopic (exact) mass is 254 g/mol. The van der Waals surface area contributed by atoms with E-state index in [1.165, 1.54) is 5.56 Å². The van der Waals surface area contributed by atoms with Crippen LogP contribution in [-0.4, -0.2) is 5.71 Å². The van der Waals surface area contributed by atoms with Crippen LogP contribution in [0, 0.1) is 6.92 Å². The smallest absolute Gasteiger partial charge is 0.142 e. The third-order valence-electron chi connectivity index (χ3n) is 2.88. The van der Waals surface area contributed by atoms with E-state index in [1.807, 2.05) is 43.3 Å². The summed E-state index contributed by atoms with van der Waals surface area (Å²) in [5.74, 6) is 0. The Labute approximate surface area is 113 Å². The molecule has 0 amide bonds. The summed E-state index contributed by atoms with van der Waals surface area (Å²) in [4.78, 5) is 5.35. The zero-order valence-electron chi connectivity index (χ0n) is 11.3. The number of oxime groups is 1. The summed E-state index contributed by atoms with van der Waals surface area (Å²) in [6, 6.07) is 15.8. The molecule has 2 N–H and O–H groups in total. The molecule has 0 heterocycles. The number of anilines is 1. The Balaban J connectivity index is 1.95. The number of nitrogen functional groups attached to an aromatic ring is 1. The highest BCUT2D eigenvalue weighted by molar-refractivity contribution is 5.98. The van der Waals surface area contributed by atoms with Gasteiger partial charge in [0.05, 0.1) is 5.71 Å². The van der Waals surface area contributed by atoms with Gasteiger partial charge in [-0.05, 0) is 37.1 Å². The number of hydrogen-bond donors (Lipinski definition) is 1. The molecule has 0 saturated carbocycles. The van der Waals surface area contributed by atoms with Gasteiger partial charge in [-0.15, -0.1) is 0 Å². The summed E-state index contributed by atoms with van der Waals surface area (Å²) in [7, 11) is 0. The quantitative estimate of drug-likeness (QED) is 0.515. The summed E-state index contributed by atoms with van der Waals surface area (Å²) < 4.78 is 0. The van der Waals surface area contributed by atoms with Gasteiger partial charge in [0.15, 0.2) is 0 Å². The molecule has 0 spiro atoms. The Hall–Kier alpha value is -2.29. The van der Waals surface area contributed by atoms with E-state index < -0.39 is 0 Å². The molecule has 0 fully saturated rings. The maximum absolute atomic E-state index is 5.62. The van der Waals surface area contributed by atoms with E-state index in [2.05, 4.69) is 24.2 Å². The maximum atomic E-state index is 5.62.